The molecule has 0 amide bonds. The number of nitrogens with zero attached hydrogens (tertiary/aromatic N) is 1. The standard InChI is InChI=1S/C12H10BrNO4/c1-12(16-5-6-17-12)11-14-9-8(15-2)4-3-7(13)10(9)18-11/h3-6H,1-2H3. The number of fused-ring (bicyclic) bond motifs is 1. The van der Waals surface area contributed by atoms with Crippen LogP contribution >= 0.6 is 15.9 Å². The molecule has 1 aliphatic heterocycles. The molecule has 0 fully saturated rings. The summed E-state index contributed by atoms with van der Waals surface area (Å²) in [5.74, 6) is -0.0471. The van der Waals surface area contributed by atoms with Crippen LogP contribution in [0.2, 0.25) is 0 Å². The first-order valence-corrected chi connectivity index (χ1v) is 6.07. The lowest BCUT2D eigenvalue weighted by molar-refractivity contribution is -0.150. The second-order valence-electron chi connectivity index (χ2n) is 3.90. The van der Waals surface area contributed by atoms with Gasteiger partial charge in [-0.15, -0.1) is 0 Å². The third-order valence-corrected chi connectivity index (χ3v) is 3.33. The fourth-order valence-corrected chi connectivity index (χ4v) is 2.16. The van der Waals surface area contributed by atoms with E-state index in [9.17, 15) is 0 Å². The molecular weight excluding hydrogens is 302 g/mol. The van der Waals surface area contributed by atoms with E-state index in [4.69, 9.17) is 18.6 Å². The van der Waals surface area contributed by atoms with Crippen LogP contribution in [0.4, 0.5) is 0 Å². The van der Waals surface area contributed by atoms with Crippen molar-refractivity contribution in [2.75, 3.05) is 7.11 Å². The molecule has 0 bridgehead atoms. The number of benzene rings is 1. The van der Waals surface area contributed by atoms with Crippen LogP contribution in [0.5, 0.6) is 5.75 Å². The summed E-state index contributed by atoms with van der Waals surface area (Å²) < 4.78 is 22.5. The summed E-state index contributed by atoms with van der Waals surface area (Å²) >= 11 is 3.41. The van der Waals surface area contributed by atoms with Gasteiger partial charge in [0.1, 0.15) is 18.3 Å². The second-order valence-corrected chi connectivity index (χ2v) is 4.75. The number of ether oxygens (including phenoxy) is 3. The molecule has 94 valence electrons. The van der Waals surface area contributed by atoms with Crippen molar-refractivity contribution in [3.63, 3.8) is 0 Å². The normalized spacial score (nSPS) is 16.6. The van der Waals surface area contributed by atoms with E-state index in [2.05, 4.69) is 20.9 Å². The largest absolute Gasteiger partial charge is 0.494 e. The molecule has 0 spiro atoms. The zero-order valence-corrected chi connectivity index (χ0v) is 11.4. The Bertz CT molecular complexity index is 626. The molecule has 0 N–H and O–H groups in total. The Balaban J connectivity index is 2.19. The topological polar surface area (TPSA) is 53.7 Å². The van der Waals surface area contributed by atoms with Crippen LogP contribution < -0.4 is 4.74 Å². The quantitative estimate of drug-likeness (QED) is 0.852. The van der Waals surface area contributed by atoms with Crippen molar-refractivity contribution in [3.8, 4) is 5.75 Å². The zero-order valence-electron chi connectivity index (χ0n) is 9.77. The van der Waals surface area contributed by atoms with Crippen LogP contribution in [-0.2, 0) is 15.3 Å². The number of halogens is 1. The Kier molecular flexibility index (Phi) is 2.48. The molecule has 0 atom stereocenters. The van der Waals surface area contributed by atoms with Crippen LogP contribution in [0.15, 0.2) is 33.5 Å². The Morgan fingerprint density at radius 2 is 2.00 bits per heavy atom. The highest BCUT2D eigenvalue weighted by molar-refractivity contribution is 9.10. The van der Waals surface area contributed by atoms with Gasteiger partial charge in [-0.2, -0.15) is 0 Å². The Morgan fingerprint density at radius 3 is 2.67 bits per heavy atom. The third kappa shape index (κ3) is 1.56. The van der Waals surface area contributed by atoms with E-state index < -0.39 is 5.79 Å². The number of rotatable bonds is 2. The van der Waals surface area contributed by atoms with Crippen LogP contribution in [0.1, 0.15) is 12.8 Å². The smallest absolute Gasteiger partial charge is 0.325 e. The lowest BCUT2D eigenvalue weighted by atomic mass is 10.3. The van der Waals surface area contributed by atoms with Crippen molar-refractivity contribution in [1.82, 2.24) is 4.98 Å². The van der Waals surface area contributed by atoms with Gasteiger partial charge in [-0.05, 0) is 28.1 Å². The summed E-state index contributed by atoms with van der Waals surface area (Å²) in [6.07, 6.45) is 2.92. The first-order chi connectivity index (χ1) is 8.64. The highest BCUT2D eigenvalue weighted by atomic mass is 79.9. The van der Waals surface area contributed by atoms with Crippen molar-refractivity contribution in [2.45, 2.75) is 12.7 Å². The number of oxazole rings is 1. The van der Waals surface area contributed by atoms with Crippen molar-refractivity contribution >= 4 is 27.0 Å². The minimum Gasteiger partial charge on any atom is -0.494 e. The molecule has 2 aromatic rings. The summed E-state index contributed by atoms with van der Waals surface area (Å²) in [4.78, 5) is 4.39. The van der Waals surface area contributed by atoms with Gasteiger partial charge in [-0.3, -0.25) is 0 Å². The van der Waals surface area contributed by atoms with Crippen LogP contribution in [-0.4, -0.2) is 12.1 Å². The Hall–Kier alpha value is -1.69. The maximum absolute atomic E-state index is 5.70. The van der Waals surface area contributed by atoms with Gasteiger partial charge in [0.05, 0.1) is 11.6 Å². The van der Waals surface area contributed by atoms with E-state index >= 15 is 0 Å². The van der Waals surface area contributed by atoms with Gasteiger partial charge in [0, 0.05) is 6.92 Å². The number of aromatic nitrogens is 1. The fraction of sp³-hybridized carbons (Fsp3) is 0.250. The fourth-order valence-electron chi connectivity index (χ4n) is 1.76. The Labute approximate surface area is 111 Å². The first-order valence-electron chi connectivity index (χ1n) is 5.28. The number of methoxy groups -OCH3 is 1. The SMILES string of the molecule is COc1ccc(Br)c2oc(C3(C)OC=CO3)nc12. The van der Waals surface area contributed by atoms with Gasteiger partial charge < -0.3 is 18.6 Å². The summed E-state index contributed by atoms with van der Waals surface area (Å²) in [5.41, 5.74) is 1.23. The van der Waals surface area contributed by atoms with Crippen LogP contribution in [0, 0.1) is 0 Å². The van der Waals surface area contributed by atoms with Crippen LogP contribution in [0.25, 0.3) is 11.1 Å². The minimum atomic E-state index is -1.02. The third-order valence-electron chi connectivity index (χ3n) is 2.71. The van der Waals surface area contributed by atoms with E-state index in [1.807, 2.05) is 12.1 Å². The molecule has 0 unspecified atom stereocenters. The predicted molar refractivity (Wildman–Crippen MR) is 66.9 cm³/mol. The van der Waals surface area contributed by atoms with E-state index in [1.54, 1.807) is 14.0 Å². The molecule has 0 saturated carbocycles. The van der Waals surface area contributed by atoms with E-state index in [0.717, 1.165) is 4.47 Å². The zero-order chi connectivity index (χ0) is 12.8. The van der Waals surface area contributed by atoms with E-state index in [1.165, 1.54) is 12.5 Å². The van der Waals surface area contributed by atoms with Crippen molar-refractivity contribution in [3.05, 3.63) is 35.0 Å². The molecule has 0 aliphatic carbocycles. The van der Waals surface area contributed by atoms with Gasteiger partial charge >= 0.3 is 5.79 Å². The lowest BCUT2D eigenvalue weighted by Crippen LogP contribution is -2.22. The van der Waals surface area contributed by atoms with Gasteiger partial charge in [-0.25, -0.2) is 4.98 Å². The summed E-state index contributed by atoms with van der Waals surface area (Å²) in [6, 6.07) is 3.66. The van der Waals surface area contributed by atoms with Crippen molar-refractivity contribution in [1.29, 1.82) is 0 Å². The summed E-state index contributed by atoms with van der Waals surface area (Å²) in [7, 11) is 1.59. The molecule has 1 aliphatic rings. The molecule has 6 heteroatoms. The molecule has 2 heterocycles. The maximum atomic E-state index is 5.70. The summed E-state index contributed by atoms with van der Waals surface area (Å²) in [5, 5.41) is 0. The maximum Gasteiger partial charge on any atom is 0.325 e. The minimum absolute atomic E-state index is 0.340. The van der Waals surface area contributed by atoms with E-state index in [0.29, 0.717) is 22.7 Å². The number of hydrogen-bond acceptors (Lipinski definition) is 5. The molecule has 18 heavy (non-hydrogen) atoms. The molecular formula is C12H10BrNO4. The first kappa shape index (κ1) is 11.4. The summed E-state index contributed by atoms with van der Waals surface area (Å²) in [6.45, 7) is 1.73. The number of hydrogen-bond donors (Lipinski definition) is 0. The van der Waals surface area contributed by atoms with E-state index in [-0.39, 0.29) is 0 Å². The highest BCUT2D eigenvalue weighted by Crippen LogP contribution is 2.37. The molecule has 5 nitrogen and oxygen atoms in total. The van der Waals surface area contributed by atoms with Gasteiger partial charge in [-0.1, -0.05) is 0 Å². The average molecular weight is 312 g/mol. The van der Waals surface area contributed by atoms with Crippen molar-refractivity contribution < 1.29 is 18.6 Å². The highest BCUT2D eigenvalue weighted by Gasteiger charge is 2.38. The van der Waals surface area contributed by atoms with Crippen molar-refractivity contribution in [2.24, 2.45) is 0 Å². The lowest BCUT2D eigenvalue weighted by Gasteiger charge is -2.18. The average Bonchev–Trinajstić information content (AvgIpc) is 2.97. The molecule has 0 radical (unpaired) electrons. The predicted octanol–water partition coefficient (Wildman–Crippen LogP) is 3.29. The molecule has 1 aromatic heterocycles. The second kappa shape index (κ2) is 3.91. The monoisotopic (exact) mass is 311 g/mol. The molecule has 1 aromatic carbocycles. The van der Waals surface area contributed by atoms with Gasteiger partial charge in [0.15, 0.2) is 11.1 Å². The Morgan fingerprint density at radius 1 is 1.28 bits per heavy atom. The molecule has 3 rings (SSSR count). The van der Waals surface area contributed by atoms with Gasteiger partial charge in [0.2, 0.25) is 0 Å². The van der Waals surface area contributed by atoms with Gasteiger partial charge in [0.25, 0.3) is 5.89 Å². The van der Waals surface area contributed by atoms with Crippen LogP contribution in [0.3, 0.4) is 0 Å². The molecule has 0 saturated heterocycles.